The van der Waals surface area contributed by atoms with Crippen LogP contribution in [0.3, 0.4) is 0 Å². The summed E-state index contributed by atoms with van der Waals surface area (Å²) in [7, 11) is 0. The molecule has 4 nitrogen and oxygen atoms in total. The van der Waals surface area contributed by atoms with Gasteiger partial charge in [-0.05, 0) is 35.5 Å². The zero-order valence-corrected chi connectivity index (χ0v) is 12.3. The Kier molecular flexibility index (Phi) is 3.66. The summed E-state index contributed by atoms with van der Waals surface area (Å²) < 4.78 is 3.79. The highest BCUT2D eigenvalue weighted by Gasteiger charge is 2.20. The average molecular weight is 275 g/mol. The molecular weight excluding hydrogens is 258 g/mol. The first kappa shape index (κ1) is 13.7. The van der Waals surface area contributed by atoms with Crippen LogP contribution in [-0.2, 0) is 5.41 Å². The van der Waals surface area contributed by atoms with Gasteiger partial charge >= 0.3 is 0 Å². The van der Waals surface area contributed by atoms with E-state index in [1.807, 2.05) is 24.3 Å². The molecule has 0 aliphatic carbocycles. The van der Waals surface area contributed by atoms with Gasteiger partial charge in [0.1, 0.15) is 4.88 Å². The Morgan fingerprint density at radius 2 is 1.95 bits per heavy atom. The Balaban J connectivity index is 2.30. The second kappa shape index (κ2) is 5.09. The quantitative estimate of drug-likeness (QED) is 0.914. The molecule has 0 saturated carbocycles. The minimum atomic E-state index is -0.149. The summed E-state index contributed by atoms with van der Waals surface area (Å²) in [5.41, 5.74) is 2.59. The van der Waals surface area contributed by atoms with E-state index in [9.17, 15) is 4.79 Å². The summed E-state index contributed by atoms with van der Waals surface area (Å²) in [6.07, 6.45) is 0. The van der Waals surface area contributed by atoms with Crippen LogP contribution in [-0.4, -0.2) is 15.5 Å². The Hall–Kier alpha value is -1.75. The lowest BCUT2D eigenvalue weighted by Crippen LogP contribution is -2.18. The first-order valence-corrected chi connectivity index (χ1v) is 6.87. The number of carbonyl (C=O) groups excluding carboxylic acids is 1. The van der Waals surface area contributed by atoms with Crippen LogP contribution >= 0.6 is 11.5 Å². The second-order valence-corrected chi connectivity index (χ2v) is 6.19. The molecule has 0 spiro atoms. The average Bonchev–Trinajstić information content (AvgIpc) is 2.75. The molecule has 100 valence electrons. The topological polar surface area (TPSA) is 54.9 Å². The van der Waals surface area contributed by atoms with E-state index in [1.165, 1.54) is 0 Å². The van der Waals surface area contributed by atoms with Crippen LogP contribution in [0.1, 0.15) is 41.7 Å². The summed E-state index contributed by atoms with van der Waals surface area (Å²) >= 11 is 1.12. The van der Waals surface area contributed by atoms with Crippen molar-refractivity contribution in [3.63, 3.8) is 0 Å². The van der Waals surface area contributed by atoms with E-state index < -0.39 is 0 Å². The van der Waals surface area contributed by atoms with Gasteiger partial charge in [0.15, 0.2) is 0 Å². The number of aryl methyl sites for hydroxylation is 1. The Morgan fingerprint density at radius 1 is 1.26 bits per heavy atom. The zero-order chi connectivity index (χ0) is 14.0. The monoisotopic (exact) mass is 275 g/mol. The zero-order valence-electron chi connectivity index (χ0n) is 11.5. The minimum absolute atomic E-state index is 0.0229. The van der Waals surface area contributed by atoms with Gasteiger partial charge in [0.25, 0.3) is 5.91 Å². The van der Waals surface area contributed by atoms with Crippen molar-refractivity contribution in [1.29, 1.82) is 0 Å². The molecular formula is C14H17N3OS. The fraction of sp³-hybridized carbons (Fsp3) is 0.357. The molecule has 0 saturated heterocycles. The number of rotatable bonds is 2. The van der Waals surface area contributed by atoms with Gasteiger partial charge in [-0.25, -0.2) is 0 Å². The standard InChI is InChI=1S/C14H17N3OS/c1-9-12(19-17-16-9)13(18)15-11-8-6-5-7-10(11)14(2,3)4/h5-8H,1-4H3,(H,15,18). The Labute approximate surface area is 117 Å². The van der Waals surface area contributed by atoms with Crippen LogP contribution in [0.5, 0.6) is 0 Å². The van der Waals surface area contributed by atoms with Crippen molar-refractivity contribution < 1.29 is 4.79 Å². The number of nitrogens with zero attached hydrogens (tertiary/aromatic N) is 2. The molecule has 1 aromatic heterocycles. The molecule has 1 aromatic carbocycles. The van der Waals surface area contributed by atoms with E-state index in [-0.39, 0.29) is 11.3 Å². The predicted octanol–water partition coefficient (Wildman–Crippen LogP) is 3.40. The summed E-state index contributed by atoms with van der Waals surface area (Å²) in [4.78, 5) is 12.8. The highest BCUT2D eigenvalue weighted by atomic mass is 32.1. The second-order valence-electron chi connectivity index (χ2n) is 5.44. The normalized spacial score (nSPS) is 11.4. The molecule has 0 bridgehead atoms. The van der Waals surface area contributed by atoms with Crippen molar-refractivity contribution in [3.05, 3.63) is 40.4 Å². The number of aromatic nitrogens is 2. The van der Waals surface area contributed by atoms with E-state index in [0.717, 1.165) is 22.8 Å². The first-order chi connectivity index (χ1) is 8.89. The van der Waals surface area contributed by atoms with E-state index in [0.29, 0.717) is 10.6 Å². The minimum Gasteiger partial charge on any atom is -0.321 e. The van der Waals surface area contributed by atoms with Gasteiger partial charge in [0.05, 0.1) is 5.69 Å². The number of benzene rings is 1. The molecule has 0 aliphatic heterocycles. The van der Waals surface area contributed by atoms with Crippen LogP contribution in [0.25, 0.3) is 0 Å². The maximum Gasteiger partial charge on any atom is 0.269 e. The van der Waals surface area contributed by atoms with Crippen LogP contribution in [0.4, 0.5) is 5.69 Å². The smallest absolute Gasteiger partial charge is 0.269 e. The molecule has 0 fully saturated rings. The number of hydrogen-bond donors (Lipinski definition) is 1. The molecule has 0 unspecified atom stereocenters. The Bertz CT molecular complexity index is 599. The number of anilines is 1. The number of nitrogens with one attached hydrogen (secondary N) is 1. The van der Waals surface area contributed by atoms with Crippen molar-refractivity contribution in [2.45, 2.75) is 33.1 Å². The molecule has 2 aromatic rings. The summed E-state index contributed by atoms with van der Waals surface area (Å²) in [6, 6.07) is 7.86. The van der Waals surface area contributed by atoms with E-state index in [2.05, 4.69) is 35.7 Å². The molecule has 1 heterocycles. The highest BCUT2D eigenvalue weighted by molar-refractivity contribution is 7.08. The van der Waals surface area contributed by atoms with Crippen molar-refractivity contribution in [3.8, 4) is 0 Å². The van der Waals surface area contributed by atoms with Crippen LogP contribution < -0.4 is 5.32 Å². The molecule has 0 atom stereocenters. The molecule has 0 radical (unpaired) electrons. The fourth-order valence-electron chi connectivity index (χ4n) is 1.86. The van der Waals surface area contributed by atoms with Crippen molar-refractivity contribution in [1.82, 2.24) is 9.59 Å². The maximum absolute atomic E-state index is 12.2. The maximum atomic E-state index is 12.2. The first-order valence-electron chi connectivity index (χ1n) is 6.09. The molecule has 19 heavy (non-hydrogen) atoms. The molecule has 5 heteroatoms. The molecule has 1 N–H and O–H groups in total. The molecule has 1 amide bonds. The van der Waals surface area contributed by atoms with Gasteiger partial charge < -0.3 is 5.32 Å². The van der Waals surface area contributed by atoms with Gasteiger partial charge in [-0.15, -0.1) is 5.10 Å². The van der Waals surface area contributed by atoms with E-state index in [1.54, 1.807) is 6.92 Å². The number of carbonyl (C=O) groups is 1. The van der Waals surface area contributed by atoms with Gasteiger partial charge in [-0.3, -0.25) is 4.79 Å². The van der Waals surface area contributed by atoms with Gasteiger partial charge in [-0.2, -0.15) is 0 Å². The van der Waals surface area contributed by atoms with Gasteiger partial charge in [0, 0.05) is 5.69 Å². The third-order valence-electron chi connectivity index (χ3n) is 2.84. The van der Waals surface area contributed by atoms with E-state index in [4.69, 9.17) is 0 Å². The third kappa shape index (κ3) is 2.98. The number of para-hydroxylation sites is 1. The van der Waals surface area contributed by atoms with Crippen LogP contribution in [0, 0.1) is 6.92 Å². The van der Waals surface area contributed by atoms with Crippen LogP contribution in [0.2, 0.25) is 0 Å². The highest BCUT2D eigenvalue weighted by Crippen LogP contribution is 2.29. The molecule has 0 aliphatic rings. The largest absolute Gasteiger partial charge is 0.321 e. The van der Waals surface area contributed by atoms with Gasteiger partial charge in [-0.1, -0.05) is 43.5 Å². The fourth-order valence-corrected chi connectivity index (χ4v) is 2.42. The third-order valence-corrected chi connectivity index (χ3v) is 3.67. The van der Waals surface area contributed by atoms with Crippen molar-refractivity contribution in [2.24, 2.45) is 0 Å². The summed E-state index contributed by atoms with van der Waals surface area (Å²) in [5.74, 6) is -0.149. The van der Waals surface area contributed by atoms with E-state index >= 15 is 0 Å². The van der Waals surface area contributed by atoms with Gasteiger partial charge in [0.2, 0.25) is 0 Å². The number of amides is 1. The predicted molar refractivity (Wildman–Crippen MR) is 77.7 cm³/mol. The Morgan fingerprint density at radius 3 is 2.53 bits per heavy atom. The lowest BCUT2D eigenvalue weighted by molar-refractivity contribution is 0.102. The SMILES string of the molecule is Cc1nnsc1C(=O)Nc1ccccc1C(C)(C)C. The summed E-state index contributed by atoms with van der Waals surface area (Å²) in [6.45, 7) is 8.15. The van der Waals surface area contributed by atoms with Crippen LogP contribution in [0.15, 0.2) is 24.3 Å². The summed E-state index contributed by atoms with van der Waals surface area (Å²) in [5, 5.41) is 6.81. The lowest BCUT2D eigenvalue weighted by atomic mass is 9.86. The lowest BCUT2D eigenvalue weighted by Gasteiger charge is -2.22. The number of hydrogen-bond acceptors (Lipinski definition) is 4. The van der Waals surface area contributed by atoms with Crippen molar-refractivity contribution >= 4 is 23.1 Å². The van der Waals surface area contributed by atoms with Crippen molar-refractivity contribution in [2.75, 3.05) is 5.32 Å². The molecule has 2 rings (SSSR count).